The Hall–Kier alpha value is -7.57. The number of hydrogen-bond acceptors (Lipinski definition) is 18. The minimum absolute atomic E-state index is 0.0820. The highest BCUT2D eigenvalue weighted by Crippen LogP contribution is 2.43. The zero-order valence-electron chi connectivity index (χ0n) is 52.6. The number of carbonyl (C=O) groups excluding carboxylic acids is 3. The molecule has 90 heavy (non-hydrogen) atoms. The maximum Gasteiger partial charge on any atom is 0.308 e. The van der Waals surface area contributed by atoms with Crippen LogP contribution in [0.25, 0.3) is 15.0 Å². The van der Waals surface area contributed by atoms with Gasteiger partial charge in [0.05, 0.1) is 36.4 Å². The van der Waals surface area contributed by atoms with Crippen molar-refractivity contribution in [1.82, 2.24) is 49.7 Å². The van der Waals surface area contributed by atoms with E-state index < -0.39 is 29.3 Å². The van der Waals surface area contributed by atoms with Gasteiger partial charge in [0.2, 0.25) is 5.91 Å². The lowest BCUT2D eigenvalue weighted by Gasteiger charge is -2.21. The van der Waals surface area contributed by atoms with Crippen LogP contribution in [0.2, 0.25) is 15.1 Å². The predicted molar refractivity (Wildman–Crippen MR) is 358 cm³/mol. The van der Waals surface area contributed by atoms with Crippen LogP contribution < -0.4 is 11.3 Å². The Morgan fingerprint density at radius 1 is 0.456 bits per heavy atom. The second kappa shape index (κ2) is 26.0. The van der Waals surface area contributed by atoms with Crippen molar-refractivity contribution in [3.63, 3.8) is 0 Å². The molecule has 12 rings (SSSR count). The van der Waals surface area contributed by atoms with Crippen LogP contribution in [0.4, 0.5) is 0 Å². The Labute approximate surface area is 549 Å². The monoisotopic (exact) mass is 1330 g/mol. The third kappa shape index (κ3) is 13.6. The summed E-state index contributed by atoms with van der Waals surface area (Å²) >= 11 is 23.4. The van der Waals surface area contributed by atoms with E-state index in [2.05, 4.69) is 77.6 Å². The van der Waals surface area contributed by atoms with Gasteiger partial charge in [0.15, 0.2) is 17.5 Å². The van der Waals surface area contributed by atoms with Gasteiger partial charge in [-0.05, 0) is 157 Å². The molecule has 9 aromatic rings. The van der Waals surface area contributed by atoms with Crippen LogP contribution in [0, 0.1) is 62.3 Å². The van der Waals surface area contributed by atoms with Gasteiger partial charge in [-0.3, -0.25) is 48.5 Å². The zero-order chi connectivity index (χ0) is 65.0. The van der Waals surface area contributed by atoms with Gasteiger partial charge in [0.25, 0.3) is 0 Å². The van der Waals surface area contributed by atoms with Crippen molar-refractivity contribution in [3.8, 4) is 15.0 Å². The van der Waals surface area contributed by atoms with E-state index in [0.29, 0.717) is 32.5 Å². The van der Waals surface area contributed by atoms with Crippen LogP contribution in [-0.4, -0.2) is 90.5 Å². The van der Waals surface area contributed by atoms with Crippen LogP contribution in [-0.2, 0) is 23.9 Å². The number of thiophene rings is 3. The number of aliphatic imine (C=N–C) groups is 3. The van der Waals surface area contributed by atoms with Crippen molar-refractivity contribution >= 4 is 104 Å². The number of fused-ring (bicyclic) bond motifs is 9. The molecule has 0 radical (unpaired) electrons. The Bertz CT molecular complexity index is 4160. The summed E-state index contributed by atoms with van der Waals surface area (Å²) < 4.78 is 17.2. The van der Waals surface area contributed by atoms with Crippen molar-refractivity contribution in [2.45, 2.75) is 152 Å². The number of aryl methyl sites for hydroxylation is 6. The van der Waals surface area contributed by atoms with E-state index in [0.717, 1.165) is 99.7 Å². The van der Waals surface area contributed by atoms with Crippen molar-refractivity contribution in [2.75, 3.05) is 0 Å². The molecule has 0 aliphatic carbocycles. The minimum Gasteiger partial charge on any atom is -0.460 e. The fourth-order valence-electron chi connectivity index (χ4n) is 10.7. The lowest BCUT2D eigenvalue weighted by atomic mass is 9.99. The summed E-state index contributed by atoms with van der Waals surface area (Å²) in [6.45, 7) is 29.5. The summed E-state index contributed by atoms with van der Waals surface area (Å²) in [7, 11) is 0. The van der Waals surface area contributed by atoms with E-state index in [1.54, 1.807) is 34.0 Å². The quantitative estimate of drug-likeness (QED) is 0.0594. The molecule has 0 saturated carbocycles. The number of esters is 2. The van der Waals surface area contributed by atoms with E-state index in [1.807, 2.05) is 149 Å². The number of ether oxygens (including phenoxy) is 2. The number of carbonyl (C=O) groups is 3. The predicted octanol–water partition coefficient (Wildman–Crippen LogP) is 14.2. The second-order valence-corrected chi connectivity index (χ2v) is 29.0. The van der Waals surface area contributed by atoms with Crippen LogP contribution in [0.5, 0.6) is 0 Å². The minimum atomic E-state index is -0.569. The normalized spacial score (nSPS) is 15.6. The number of benzene rings is 3. The van der Waals surface area contributed by atoms with Crippen LogP contribution in [0.1, 0.15) is 179 Å². The zero-order valence-corrected chi connectivity index (χ0v) is 57.3. The third-order valence-corrected chi connectivity index (χ3v) is 19.5. The van der Waals surface area contributed by atoms with E-state index >= 15 is 0 Å². The molecule has 468 valence electrons. The maximum absolute atomic E-state index is 12.7. The molecule has 0 unspecified atom stereocenters. The van der Waals surface area contributed by atoms with Gasteiger partial charge in [0, 0.05) is 63.1 Å². The first-order chi connectivity index (χ1) is 42.5. The first-order valence-electron chi connectivity index (χ1n) is 29.0. The molecule has 3 N–H and O–H groups in total. The van der Waals surface area contributed by atoms with E-state index in [-0.39, 0.29) is 37.1 Å². The summed E-state index contributed by atoms with van der Waals surface area (Å²) in [5.41, 5.74) is 12.9. The number of hydrazine groups is 1. The molecule has 3 atom stereocenters. The second-order valence-electron chi connectivity index (χ2n) is 24.1. The Kier molecular flexibility index (Phi) is 18.9. The molecule has 19 nitrogen and oxygen atoms in total. The average Bonchev–Trinajstić information content (AvgIpc) is 1.61. The van der Waals surface area contributed by atoms with Gasteiger partial charge >= 0.3 is 11.9 Å². The van der Waals surface area contributed by atoms with Crippen LogP contribution in [0.3, 0.4) is 0 Å². The Balaban J connectivity index is 0.000000149. The summed E-state index contributed by atoms with van der Waals surface area (Å²) in [4.78, 5) is 56.2. The van der Waals surface area contributed by atoms with E-state index in [4.69, 9.17) is 65.1 Å². The van der Waals surface area contributed by atoms with Crippen molar-refractivity contribution in [1.29, 1.82) is 0 Å². The topological polar surface area (TPSA) is 237 Å². The SMILES string of the molecule is Cc1sc2c(c1C)C(c1ccc(Cl)cc1)=N[C@@H](CC(=O)NN)c1nnc(C)n1-2.Cc1sc2c(c1C)C(c1ccc(Cl)cc1)=N[C@@H](CC(=O)OC(C)(C)C)c1nnc(C)n1-2.Cc1sc2c(c1C)C(c1ccc(Cl)cc1)=N[C@H](CC(=O)OC(C)(C)C)c1nnc(C)n1-2. The lowest BCUT2D eigenvalue weighted by Crippen LogP contribution is -2.31. The molecule has 9 heterocycles. The van der Waals surface area contributed by atoms with Gasteiger partial charge < -0.3 is 9.47 Å². The standard InChI is InChI=1S/2C23H25ClN4O2S.C19H19ClN6OS/c2*1-12-13(2)31-22-19(12)20(15-7-9-16(24)10-8-15)25-17(11-18(29)30-23(4,5)6)21-27-26-14(3)28(21)22;1-9-10(2)28-19-16(9)17(12-4-6-13(20)7-5-12)22-14(8-15(27)23-21)18-25-24-11(3)26(18)19/h2*7-10,17H,11H2,1-6H3;4-7,14H,8,21H2,1-3H3,(H,23,27)/t2*17-;14-/m100/s1. The third-order valence-electron chi connectivity index (χ3n) is 15.2. The Morgan fingerprint density at radius 2 is 0.722 bits per heavy atom. The molecule has 6 aromatic heterocycles. The number of rotatable bonds is 9. The Morgan fingerprint density at radius 3 is 0.978 bits per heavy atom. The number of aromatic nitrogens is 9. The summed E-state index contributed by atoms with van der Waals surface area (Å²) in [6.07, 6.45) is 0.248. The van der Waals surface area contributed by atoms with Crippen LogP contribution in [0.15, 0.2) is 87.8 Å². The van der Waals surface area contributed by atoms with E-state index in [9.17, 15) is 14.4 Å². The summed E-state index contributed by atoms with van der Waals surface area (Å²) in [5, 5.41) is 31.0. The molecule has 0 bridgehead atoms. The van der Waals surface area contributed by atoms with Crippen molar-refractivity contribution < 1.29 is 23.9 Å². The molecular formula is C65H69Cl3N14O5S3. The smallest absolute Gasteiger partial charge is 0.308 e. The number of hydrogen-bond donors (Lipinski definition) is 2. The molecular weight excluding hydrogens is 1260 g/mol. The number of nitrogens with one attached hydrogen (secondary N) is 1. The highest BCUT2D eigenvalue weighted by molar-refractivity contribution is 7.15. The number of amides is 1. The molecule has 0 saturated heterocycles. The largest absolute Gasteiger partial charge is 0.460 e. The summed E-state index contributed by atoms with van der Waals surface area (Å²) in [6, 6.07) is 21.3. The molecule has 3 aliphatic rings. The fourth-order valence-corrected chi connectivity index (χ4v) is 14.7. The number of nitrogens with zero attached hydrogens (tertiary/aromatic N) is 12. The van der Waals surface area contributed by atoms with Crippen molar-refractivity contribution in [3.05, 3.63) is 188 Å². The molecule has 25 heteroatoms. The van der Waals surface area contributed by atoms with Gasteiger partial charge in [-0.1, -0.05) is 71.2 Å². The van der Waals surface area contributed by atoms with Crippen molar-refractivity contribution in [2.24, 2.45) is 20.8 Å². The average molecular weight is 1330 g/mol. The first-order valence-corrected chi connectivity index (χ1v) is 32.6. The first kappa shape index (κ1) is 65.4. The van der Waals surface area contributed by atoms with Gasteiger partial charge in [-0.25, -0.2) is 5.84 Å². The number of halogens is 3. The molecule has 1 amide bonds. The summed E-state index contributed by atoms with van der Waals surface area (Å²) in [5.74, 6) is 8.58. The fraction of sp³-hybridized carbons (Fsp3) is 0.354. The molecule has 0 fully saturated rings. The highest BCUT2D eigenvalue weighted by Gasteiger charge is 2.37. The highest BCUT2D eigenvalue weighted by atomic mass is 35.5. The lowest BCUT2D eigenvalue weighted by molar-refractivity contribution is -0.156. The number of nitrogens with two attached hydrogens (primary N) is 1. The van der Waals surface area contributed by atoms with Gasteiger partial charge in [-0.15, -0.1) is 64.6 Å². The van der Waals surface area contributed by atoms with E-state index in [1.165, 1.54) is 14.6 Å². The maximum atomic E-state index is 12.7. The van der Waals surface area contributed by atoms with Gasteiger partial charge in [-0.2, -0.15) is 0 Å². The van der Waals surface area contributed by atoms with Crippen LogP contribution >= 0.6 is 68.8 Å². The molecule has 0 spiro atoms. The molecule has 3 aliphatic heterocycles. The van der Waals surface area contributed by atoms with Gasteiger partial charge in [0.1, 0.15) is 61.8 Å². The molecule has 3 aromatic carbocycles.